The summed E-state index contributed by atoms with van der Waals surface area (Å²) in [6, 6.07) is 2.53. The number of carbonyl (C=O) groups excluding carboxylic acids is 1. The highest BCUT2D eigenvalue weighted by Crippen LogP contribution is 2.26. The summed E-state index contributed by atoms with van der Waals surface area (Å²) < 4.78 is 1.99. The first-order chi connectivity index (χ1) is 11.1. The summed E-state index contributed by atoms with van der Waals surface area (Å²) in [5.74, 6) is 0. The van der Waals surface area contributed by atoms with Crippen LogP contribution in [0.25, 0.3) is 0 Å². The van der Waals surface area contributed by atoms with E-state index in [-0.39, 0.29) is 24.7 Å². The first-order valence-corrected chi connectivity index (χ1v) is 8.51. The quantitative estimate of drug-likeness (QED) is 0.861. The van der Waals surface area contributed by atoms with Crippen molar-refractivity contribution in [2.45, 2.75) is 50.9 Å². The number of nitrogens with one attached hydrogen (secondary N) is 1. The van der Waals surface area contributed by atoms with Crippen LogP contribution in [0, 0.1) is 0 Å². The SMILES string of the molecule is C[C@@H]1[C@H](N(C)CCO)CCN1C(=O)NC1CCCn2nccc21. The molecule has 1 saturated heterocycles. The maximum Gasteiger partial charge on any atom is 0.318 e. The molecule has 0 aliphatic carbocycles. The lowest BCUT2D eigenvalue weighted by Gasteiger charge is -2.32. The number of aliphatic hydroxyl groups excluding tert-OH is 1. The predicted molar refractivity (Wildman–Crippen MR) is 87.0 cm³/mol. The molecule has 0 radical (unpaired) electrons. The first-order valence-electron chi connectivity index (χ1n) is 8.51. The summed E-state index contributed by atoms with van der Waals surface area (Å²) in [5, 5.41) is 16.6. The van der Waals surface area contributed by atoms with Crippen LogP contribution in [0.1, 0.15) is 37.9 Å². The highest BCUT2D eigenvalue weighted by Gasteiger charge is 2.37. The van der Waals surface area contributed by atoms with Crippen LogP contribution in [0.3, 0.4) is 0 Å². The minimum Gasteiger partial charge on any atom is -0.395 e. The lowest BCUT2D eigenvalue weighted by Crippen LogP contribution is -2.48. The van der Waals surface area contributed by atoms with Crippen molar-refractivity contribution in [3.63, 3.8) is 0 Å². The van der Waals surface area contributed by atoms with Crippen LogP contribution in [0.15, 0.2) is 12.3 Å². The summed E-state index contributed by atoms with van der Waals surface area (Å²) in [5.41, 5.74) is 1.10. The number of aromatic nitrogens is 2. The summed E-state index contributed by atoms with van der Waals surface area (Å²) in [4.78, 5) is 16.8. The topological polar surface area (TPSA) is 73.6 Å². The van der Waals surface area contributed by atoms with Crippen LogP contribution in [0.2, 0.25) is 0 Å². The number of amides is 2. The standard InChI is InChI=1S/C16H27N5O2/c1-12-14(19(2)10-11-22)6-9-20(12)16(23)18-13-4-3-8-21-15(13)5-7-17-21/h5,7,12-14,22H,3-4,6,8-11H2,1-2H3,(H,18,23)/t12-,13?,14-/m1/s1. The first kappa shape index (κ1) is 16.3. The molecular formula is C16H27N5O2. The Morgan fingerprint density at radius 3 is 3.09 bits per heavy atom. The van der Waals surface area contributed by atoms with Crippen molar-refractivity contribution in [2.75, 3.05) is 26.7 Å². The number of aliphatic hydroxyl groups is 1. The lowest BCUT2D eigenvalue weighted by molar-refractivity contribution is 0.146. The molecule has 3 atom stereocenters. The van der Waals surface area contributed by atoms with Crippen molar-refractivity contribution in [1.82, 2.24) is 24.9 Å². The van der Waals surface area contributed by atoms with Gasteiger partial charge in [-0.05, 0) is 39.3 Å². The van der Waals surface area contributed by atoms with Crippen LogP contribution in [-0.2, 0) is 6.54 Å². The van der Waals surface area contributed by atoms with Gasteiger partial charge in [-0.15, -0.1) is 0 Å². The predicted octanol–water partition coefficient (Wildman–Crippen LogP) is 0.814. The summed E-state index contributed by atoms with van der Waals surface area (Å²) >= 11 is 0. The minimum atomic E-state index is 0.0112. The van der Waals surface area contributed by atoms with Gasteiger partial charge in [-0.1, -0.05) is 0 Å². The maximum atomic E-state index is 12.7. The second-order valence-electron chi connectivity index (χ2n) is 6.62. The highest BCUT2D eigenvalue weighted by atomic mass is 16.3. The van der Waals surface area contributed by atoms with Crippen molar-refractivity contribution < 1.29 is 9.90 Å². The van der Waals surface area contributed by atoms with Gasteiger partial charge in [0.1, 0.15) is 0 Å². The molecule has 1 aromatic heterocycles. The molecule has 7 nitrogen and oxygen atoms in total. The van der Waals surface area contributed by atoms with Gasteiger partial charge in [-0.25, -0.2) is 4.79 Å². The van der Waals surface area contributed by atoms with Crippen LogP contribution in [0.4, 0.5) is 4.79 Å². The fraction of sp³-hybridized carbons (Fsp3) is 0.750. The van der Waals surface area contributed by atoms with E-state index in [1.807, 2.05) is 22.7 Å². The Bertz CT molecular complexity index is 546. The Balaban J connectivity index is 1.62. The summed E-state index contributed by atoms with van der Waals surface area (Å²) in [6.07, 6.45) is 4.76. The van der Waals surface area contributed by atoms with E-state index in [2.05, 4.69) is 22.2 Å². The Labute approximate surface area is 137 Å². The largest absolute Gasteiger partial charge is 0.395 e. The zero-order valence-electron chi connectivity index (χ0n) is 14.0. The third-order valence-electron chi connectivity index (χ3n) is 5.26. The van der Waals surface area contributed by atoms with E-state index in [1.165, 1.54) is 0 Å². The highest BCUT2D eigenvalue weighted by molar-refractivity contribution is 5.75. The van der Waals surface area contributed by atoms with Crippen molar-refractivity contribution in [3.8, 4) is 0 Å². The van der Waals surface area contributed by atoms with Crippen molar-refractivity contribution in [2.24, 2.45) is 0 Å². The number of nitrogens with zero attached hydrogens (tertiary/aromatic N) is 4. The van der Waals surface area contributed by atoms with Gasteiger partial charge in [0, 0.05) is 37.9 Å². The van der Waals surface area contributed by atoms with Crippen molar-refractivity contribution in [3.05, 3.63) is 18.0 Å². The maximum absolute atomic E-state index is 12.7. The molecule has 128 valence electrons. The molecule has 2 N–H and O–H groups in total. The van der Waals surface area contributed by atoms with Crippen LogP contribution < -0.4 is 5.32 Å². The molecular weight excluding hydrogens is 294 g/mol. The molecule has 2 amide bonds. The molecule has 23 heavy (non-hydrogen) atoms. The third kappa shape index (κ3) is 3.21. The van der Waals surface area contributed by atoms with Gasteiger partial charge in [-0.3, -0.25) is 9.58 Å². The zero-order chi connectivity index (χ0) is 16.4. The Morgan fingerprint density at radius 1 is 1.48 bits per heavy atom. The average molecular weight is 321 g/mol. The molecule has 0 saturated carbocycles. The van der Waals surface area contributed by atoms with E-state index in [9.17, 15) is 4.79 Å². The smallest absolute Gasteiger partial charge is 0.318 e. The number of hydrogen-bond acceptors (Lipinski definition) is 4. The second kappa shape index (κ2) is 6.88. The van der Waals surface area contributed by atoms with Gasteiger partial charge in [0.15, 0.2) is 0 Å². The normalized spacial score (nSPS) is 27.3. The Kier molecular flexibility index (Phi) is 4.87. The molecule has 3 rings (SSSR count). The second-order valence-corrected chi connectivity index (χ2v) is 6.62. The van der Waals surface area contributed by atoms with E-state index in [4.69, 9.17) is 5.11 Å². The molecule has 1 fully saturated rings. The van der Waals surface area contributed by atoms with E-state index >= 15 is 0 Å². The zero-order valence-corrected chi connectivity index (χ0v) is 14.0. The summed E-state index contributed by atoms with van der Waals surface area (Å²) in [7, 11) is 2.01. The number of likely N-dealkylation sites (tertiary alicyclic amines) is 1. The van der Waals surface area contributed by atoms with E-state index < -0.39 is 0 Å². The molecule has 0 bridgehead atoms. The Morgan fingerprint density at radius 2 is 2.30 bits per heavy atom. The number of aryl methyl sites for hydroxylation is 1. The fourth-order valence-corrected chi connectivity index (χ4v) is 3.92. The van der Waals surface area contributed by atoms with Gasteiger partial charge in [0.25, 0.3) is 0 Å². The number of hydrogen-bond donors (Lipinski definition) is 2. The molecule has 2 aliphatic rings. The molecule has 2 aliphatic heterocycles. The Hall–Kier alpha value is -1.60. The molecule has 1 aromatic rings. The van der Waals surface area contributed by atoms with Crippen LogP contribution >= 0.6 is 0 Å². The van der Waals surface area contributed by atoms with Gasteiger partial charge in [0.05, 0.1) is 18.3 Å². The summed E-state index contributed by atoms with van der Waals surface area (Å²) in [6.45, 7) is 4.59. The minimum absolute atomic E-state index is 0.0112. The molecule has 0 aromatic carbocycles. The van der Waals surface area contributed by atoms with Gasteiger partial charge >= 0.3 is 6.03 Å². The van der Waals surface area contributed by atoms with E-state index in [1.54, 1.807) is 6.20 Å². The van der Waals surface area contributed by atoms with Crippen molar-refractivity contribution in [1.29, 1.82) is 0 Å². The van der Waals surface area contributed by atoms with E-state index in [0.29, 0.717) is 12.6 Å². The molecule has 1 unspecified atom stereocenters. The number of fused-ring (bicyclic) bond motifs is 1. The average Bonchev–Trinajstić information content (AvgIpc) is 3.14. The number of urea groups is 1. The van der Waals surface area contributed by atoms with Gasteiger partial charge < -0.3 is 15.3 Å². The van der Waals surface area contributed by atoms with E-state index in [0.717, 1.165) is 38.0 Å². The third-order valence-corrected chi connectivity index (χ3v) is 5.26. The van der Waals surface area contributed by atoms with Gasteiger partial charge in [-0.2, -0.15) is 5.10 Å². The fourth-order valence-electron chi connectivity index (χ4n) is 3.92. The number of likely N-dealkylation sites (N-methyl/N-ethyl adjacent to an activating group) is 1. The van der Waals surface area contributed by atoms with Crippen LogP contribution in [0.5, 0.6) is 0 Å². The molecule has 0 spiro atoms. The van der Waals surface area contributed by atoms with Crippen LogP contribution in [-0.4, -0.2) is 69.5 Å². The van der Waals surface area contributed by atoms with Gasteiger partial charge in [0.2, 0.25) is 0 Å². The van der Waals surface area contributed by atoms with Crippen molar-refractivity contribution >= 4 is 6.03 Å². The molecule has 7 heteroatoms. The molecule has 3 heterocycles. The number of rotatable bonds is 4. The number of carbonyl (C=O) groups is 1. The monoisotopic (exact) mass is 321 g/mol. The lowest BCUT2D eigenvalue weighted by atomic mass is 10.0.